The Hall–Kier alpha value is -3.35. The Morgan fingerprint density at radius 1 is 1.29 bits per heavy atom. The first-order chi connectivity index (χ1) is 11.6. The van der Waals surface area contributed by atoms with E-state index in [0.717, 1.165) is 33.8 Å². The van der Waals surface area contributed by atoms with Crippen molar-refractivity contribution in [2.24, 2.45) is 5.73 Å². The van der Waals surface area contributed by atoms with Crippen molar-refractivity contribution < 1.29 is 9.53 Å². The number of nitrogens with two attached hydrogens (primary N) is 1. The number of benzene rings is 1. The second-order valence-corrected chi connectivity index (χ2v) is 5.48. The normalized spacial score (nSPS) is 11.2. The first kappa shape index (κ1) is 14.3. The fourth-order valence-corrected chi connectivity index (χ4v) is 2.99. The topological polar surface area (TPSA) is 98.3 Å². The number of aryl methyl sites for hydroxylation is 1. The Morgan fingerprint density at radius 2 is 2.12 bits per heavy atom. The van der Waals surface area contributed by atoms with E-state index >= 15 is 0 Å². The van der Waals surface area contributed by atoms with E-state index in [9.17, 15) is 4.79 Å². The molecule has 0 aliphatic rings. The molecule has 0 radical (unpaired) electrons. The average Bonchev–Trinajstić information content (AvgIpc) is 3.18. The predicted molar refractivity (Wildman–Crippen MR) is 90.1 cm³/mol. The largest absolute Gasteiger partial charge is 0.496 e. The summed E-state index contributed by atoms with van der Waals surface area (Å²) in [5, 5.41) is 0. The molecule has 0 aliphatic heterocycles. The summed E-state index contributed by atoms with van der Waals surface area (Å²) in [6.07, 6.45) is 3.61. The van der Waals surface area contributed by atoms with Crippen LogP contribution in [0.1, 0.15) is 16.2 Å². The Morgan fingerprint density at radius 3 is 2.88 bits per heavy atom. The number of nitrogens with zero attached hydrogens (tertiary/aromatic N) is 3. The number of primary amides is 1. The minimum absolute atomic E-state index is 0.324. The molecule has 3 aromatic heterocycles. The number of carbonyl (C=O) groups is 1. The second-order valence-electron chi connectivity index (χ2n) is 5.48. The lowest BCUT2D eigenvalue weighted by Crippen LogP contribution is -2.12. The van der Waals surface area contributed by atoms with E-state index in [1.807, 2.05) is 29.7 Å². The summed E-state index contributed by atoms with van der Waals surface area (Å²) in [7, 11) is 1.50. The molecule has 0 aliphatic carbocycles. The van der Waals surface area contributed by atoms with Crippen LogP contribution in [0.5, 0.6) is 5.75 Å². The smallest absolute Gasteiger partial charge is 0.252 e. The maximum atomic E-state index is 11.7. The minimum Gasteiger partial charge on any atom is -0.496 e. The summed E-state index contributed by atoms with van der Waals surface area (Å²) in [6, 6.07) is 7.23. The summed E-state index contributed by atoms with van der Waals surface area (Å²) < 4.78 is 7.22. The second kappa shape index (κ2) is 5.09. The Balaban J connectivity index is 2.00. The molecule has 7 heteroatoms. The van der Waals surface area contributed by atoms with Gasteiger partial charge in [0.05, 0.1) is 35.6 Å². The average molecular weight is 321 g/mol. The number of imidazole rings is 1. The molecule has 1 aromatic carbocycles. The van der Waals surface area contributed by atoms with Gasteiger partial charge in [-0.1, -0.05) is 0 Å². The highest BCUT2D eigenvalue weighted by Gasteiger charge is 2.17. The fourth-order valence-electron chi connectivity index (χ4n) is 2.99. The maximum absolute atomic E-state index is 11.7. The van der Waals surface area contributed by atoms with Crippen LogP contribution in [-0.2, 0) is 0 Å². The molecule has 1 amide bonds. The number of H-pyrrole nitrogens is 1. The van der Waals surface area contributed by atoms with Crippen LogP contribution in [0.15, 0.2) is 36.7 Å². The third-order valence-electron chi connectivity index (χ3n) is 4.08. The van der Waals surface area contributed by atoms with Crippen molar-refractivity contribution in [2.45, 2.75) is 6.92 Å². The first-order valence-electron chi connectivity index (χ1n) is 7.39. The predicted octanol–water partition coefficient (Wildman–Crippen LogP) is 2.29. The monoisotopic (exact) mass is 321 g/mol. The molecular weight excluding hydrogens is 306 g/mol. The Labute approximate surface area is 137 Å². The van der Waals surface area contributed by atoms with Crippen LogP contribution in [0.3, 0.4) is 0 Å². The lowest BCUT2D eigenvalue weighted by atomic mass is 10.1. The number of carbonyl (C=O) groups excluding carboxylic acids is 1. The summed E-state index contributed by atoms with van der Waals surface area (Å²) in [6.45, 7) is 1.93. The van der Waals surface area contributed by atoms with Crippen molar-refractivity contribution in [1.29, 1.82) is 0 Å². The summed E-state index contributed by atoms with van der Waals surface area (Å²) in [4.78, 5) is 23.9. The molecule has 3 heterocycles. The van der Waals surface area contributed by atoms with Crippen LogP contribution in [0, 0.1) is 6.92 Å². The molecule has 7 nitrogen and oxygen atoms in total. The third-order valence-corrected chi connectivity index (χ3v) is 4.08. The van der Waals surface area contributed by atoms with Crippen molar-refractivity contribution in [2.75, 3.05) is 7.11 Å². The molecule has 0 atom stereocenters. The van der Waals surface area contributed by atoms with Crippen LogP contribution in [-0.4, -0.2) is 32.4 Å². The molecule has 3 N–H and O–H groups in total. The van der Waals surface area contributed by atoms with E-state index in [2.05, 4.69) is 15.0 Å². The van der Waals surface area contributed by atoms with Gasteiger partial charge in [-0.15, -0.1) is 0 Å². The molecule has 0 saturated carbocycles. The molecule has 0 spiro atoms. The molecule has 0 bridgehead atoms. The van der Waals surface area contributed by atoms with E-state index in [-0.39, 0.29) is 0 Å². The lowest BCUT2D eigenvalue weighted by Gasteiger charge is -2.07. The molecule has 24 heavy (non-hydrogen) atoms. The van der Waals surface area contributed by atoms with E-state index < -0.39 is 5.91 Å². The number of amides is 1. The van der Waals surface area contributed by atoms with Crippen molar-refractivity contribution in [3.8, 4) is 17.0 Å². The first-order valence-corrected chi connectivity index (χ1v) is 7.39. The van der Waals surface area contributed by atoms with Gasteiger partial charge < -0.3 is 15.5 Å². The van der Waals surface area contributed by atoms with Gasteiger partial charge in [0.25, 0.3) is 5.91 Å². The number of fused-ring (bicyclic) bond motifs is 3. The van der Waals surface area contributed by atoms with Crippen LogP contribution in [0.2, 0.25) is 0 Å². The number of aromatic amines is 1. The minimum atomic E-state index is -0.542. The van der Waals surface area contributed by atoms with E-state index in [1.165, 1.54) is 7.11 Å². The zero-order valence-corrected chi connectivity index (χ0v) is 13.2. The number of hydrogen-bond donors (Lipinski definition) is 2. The van der Waals surface area contributed by atoms with Crippen LogP contribution in [0.25, 0.3) is 27.9 Å². The molecule has 0 fully saturated rings. The quantitative estimate of drug-likeness (QED) is 0.605. The van der Waals surface area contributed by atoms with Crippen molar-refractivity contribution in [1.82, 2.24) is 19.4 Å². The molecular formula is C17H15N5O2. The Kier molecular flexibility index (Phi) is 3.02. The molecule has 0 saturated heterocycles. The summed E-state index contributed by atoms with van der Waals surface area (Å²) in [5.74, 6) is 0.737. The van der Waals surface area contributed by atoms with Gasteiger partial charge in [0, 0.05) is 11.8 Å². The summed E-state index contributed by atoms with van der Waals surface area (Å²) >= 11 is 0. The highest BCUT2D eigenvalue weighted by Crippen LogP contribution is 2.30. The highest BCUT2D eigenvalue weighted by molar-refractivity contribution is 5.97. The van der Waals surface area contributed by atoms with Gasteiger partial charge in [-0.25, -0.2) is 9.97 Å². The van der Waals surface area contributed by atoms with Crippen molar-refractivity contribution in [3.05, 3.63) is 48.0 Å². The third kappa shape index (κ3) is 1.95. The number of aromatic nitrogens is 4. The van der Waals surface area contributed by atoms with Gasteiger partial charge in [0.15, 0.2) is 5.65 Å². The number of hydrogen-bond acceptors (Lipinski definition) is 4. The van der Waals surface area contributed by atoms with Crippen molar-refractivity contribution in [3.63, 3.8) is 0 Å². The van der Waals surface area contributed by atoms with Gasteiger partial charge in [-0.05, 0) is 31.2 Å². The van der Waals surface area contributed by atoms with E-state index in [1.54, 1.807) is 18.3 Å². The zero-order valence-electron chi connectivity index (χ0n) is 13.2. The van der Waals surface area contributed by atoms with Crippen molar-refractivity contribution >= 4 is 22.6 Å². The van der Waals surface area contributed by atoms with E-state index in [4.69, 9.17) is 10.5 Å². The SMILES string of the molecule is COc1ccc(-c2nc(C)n3c2cnc2[nH]ccc23)cc1C(N)=O. The van der Waals surface area contributed by atoms with Gasteiger partial charge in [0.2, 0.25) is 0 Å². The number of nitrogens with one attached hydrogen (secondary N) is 1. The fraction of sp³-hybridized carbons (Fsp3) is 0.118. The zero-order chi connectivity index (χ0) is 16.8. The number of rotatable bonds is 3. The molecule has 120 valence electrons. The molecule has 0 unspecified atom stereocenters. The standard InChI is InChI=1S/C17H15N5O2/c1-9-21-15(10-3-4-14(24-2)11(7-10)16(18)23)13-8-20-17-12(22(9)13)5-6-19-17/h3-8,19H,1-2H3,(H2,18,23). The van der Waals surface area contributed by atoms with Crippen LogP contribution in [0.4, 0.5) is 0 Å². The number of methoxy groups -OCH3 is 1. The Bertz CT molecular complexity index is 1090. The van der Waals surface area contributed by atoms with Crippen LogP contribution >= 0.6 is 0 Å². The maximum Gasteiger partial charge on any atom is 0.252 e. The molecule has 4 aromatic rings. The van der Waals surface area contributed by atoms with Gasteiger partial charge in [-0.2, -0.15) is 0 Å². The van der Waals surface area contributed by atoms with Gasteiger partial charge in [0.1, 0.15) is 11.6 Å². The van der Waals surface area contributed by atoms with E-state index in [0.29, 0.717) is 11.3 Å². The lowest BCUT2D eigenvalue weighted by molar-refractivity contribution is 0.0997. The number of ether oxygens (including phenoxy) is 1. The van der Waals surface area contributed by atoms with Gasteiger partial charge >= 0.3 is 0 Å². The summed E-state index contributed by atoms with van der Waals surface area (Å²) in [5.41, 5.74) is 9.91. The highest BCUT2D eigenvalue weighted by atomic mass is 16.5. The van der Waals surface area contributed by atoms with Gasteiger partial charge in [-0.3, -0.25) is 9.20 Å². The molecule has 4 rings (SSSR count). The van der Waals surface area contributed by atoms with Crippen LogP contribution < -0.4 is 10.5 Å².